The van der Waals surface area contributed by atoms with Crippen LogP contribution in [0.4, 0.5) is 5.69 Å². The number of benzene rings is 2. The zero-order valence-electron chi connectivity index (χ0n) is 27.6. The summed E-state index contributed by atoms with van der Waals surface area (Å²) in [6, 6.07) is 15.0. The Labute approximate surface area is 275 Å². The van der Waals surface area contributed by atoms with Crippen molar-refractivity contribution in [1.29, 1.82) is 0 Å². The zero-order valence-corrected chi connectivity index (χ0v) is 28.4. The number of furan rings is 1. The molecular weight excluding hydrogens is 582 g/mol. The fourth-order valence-electron chi connectivity index (χ4n) is 7.05. The van der Waals surface area contributed by atoms with Gasteiger partial charge in [0.2, 0.25) is 0 Å². The number of likely N-dealkylation sites (tertiary alicyclic amines) is 1. The van der Waals surface area contributed by atoms with Gasteiger partial charge >= 0.3 is 0 Å². The number of rotatable bonds is 9. The summed E-state index contributed by atoms with van der Waals surface area (Å²) in [5.41, 5.74) is 4.63. The molecule has 7 heteroatoms. The van der Waals surface area contributed by atoms with Crippen LogP contribution in [0.2, 0.25) is 5.02 Å². The van der Waals surface area contributed by atoms with Gasteiger partial charge in [0.05, 0.1) is 41.7 Å². The summed E-state index contributed by atoms with van der Waals surface area (Å²) >= 11 is 6.30. The number of nitrogens with one attached hydrogen (secondary N) is 1. The summed E-state index contributed by atoms with van der Waals surface area (Å²) in [6.07, 6.45) is 12.2. The van der Waals surface area contributed by atoms with Crippen molar-refractivity contribution in [2.75, 3.05) is 31.6 Å². The van der Waals surface area contributed by atoms with Gasteiger partial charge in [-0.05, 0) is 88.3 Å². The Morgan fingerprint density at radius 1 is 1.04 bits per heavy atom. The summed E-state index contributed by atoms with van der Waals surface area (Å²) in [5, 5.41) is 5.01. The smallest absolute Gasteiger partial charge is 0.134 e. The Morgan fingerprint density at radius 2 is 1.78 bits per heavy atom. The number of hydrogen-bond donors (Lipinski definition) is 1. The minimum Gasteiger partial charge on any atom is -0.464 e. The molecule has 3 heterocycles. The van der Waals surface area contributed by atoms with Crippen molar-refractivity contribution in [2.45, 2.75) is 96.6 Å². The second kappa shape index (κ2) is 15.7. The topological polar surface area (TPSA) is 50.1 Å². The maximum absolute atomic E-state index is 6.30. The lowest BCUT2D eigenvalue weighted by Gasteiger charge is -2.38. The monoisotopic (exact) mass is 633 g/mol. The highest BCUT2D eigenvalue weighted by atomic mass is 35.5. The molecule has 45 heavy (non-hydrogen) atoms. The Hall–Kier alpha value is -2.77. The number of hydrogen-bond acceptors (Lipinski definition) is 6. The van der Waals surface area contributed by atoms with Crippen LogP contribution >= 0.6 is 11.6 Å². The molecule has 2 aliphatic heterocycles. The van der Waals surface area contributed by atoms with Gasteiger partial charge in [0.25, 0.3) is 0 Å². The number of morpholine rings is 1. The van der Waals surface area contributed by atoms with Crippen LogP contribution in [0.1, 0.15) is 70.9 Å². The SMILES string of the molecule is C=C(Nc1ccc(CC)cc1Cl)c1coc2ccccc12.C=CN1CC(N2CC(C)OC(C)C2)CC1COC1CCC(C)CC1. The van der Waals surface area contributed by atoms with E-state index in [4.69, 9.17) is 25.5 Å². The molecule has 6 rings (SSSR count). The van der Waals surface area contributed by atoms with Gasteiger partial charge in [-0.15, -0.1) is 0 Å². The van der Waals surface area contributed by atoms with E-state index in [-0.39, 0.29) is 0 Å². The molecule has 0 radical (unpaired) electrons. The van der Waals surface area contributed by atoms with Crippen molar-refractivity contribution in [3.05, 3.63) is 84.2 Å². The zero-order chi connectivity index (χ0) is 31.9. The lowest BCUT2D eigenvalue weighted by atomic mass is 9.89. The van der Waals surface area contributed by atoms with E-state index in [2.05, 4.69) is 62.0 Å². The van der Waals surface area contributed by atoms with Crippen LogP contribution in [0.3, 0.4) is 0 Å². The Balaban J connectivity index is 0.000000179. The standard InChI is InChI=1S/C20H36N2O2.C18H16ClNO/c1-5-21-13-18(22-11-16(3)24-17(4)12-22)10-19(21)14-23-20-8-6-15(2)7-9-20;1-3-13-8-9-17(16(19)10-13)20-12(2)15-11-21-18-7-5-4-6-14(15)18/h5,15-20H,1,6-14H2,2-4H3;4-11,20H,2-3H2,1H3. The molecular formula is C38H52ClN3O3. The highest BCUT2D eigenvalue weighted by Gasteiger charge is 2.37. The highest BCUT2D eigenvalue weighted by Crippen LogP contribution is 2.31. The van der Waals surface area contributed by atoms with Gasteiger partial charge in [-0.1, -0.05) is 62.9 Å². The van der Waals surface area contributed by atoms with E-state index in [0.717, 1.165) is 66.5 Å². The molecule has 6 nitrogen and oxygen atoms in total. The van der Waals surface area contributed by atoms with Gasteiger partial charge in [-0.2, -0.15) is 0 Å². The van der Waals surface area contributed by atoms with Crippen molar-refractivity contribution in [1.82, 2.24) is 9.80 Å². The highest BCUT2D eigenvalue weighted by molar-refractivity contribution is 6.33. The molecule has 3 fully saturated rings. The van der Waals surface area contributed by atoms with Crippen molar-refractivity contribution in [3.8, 4) is 0 Å². The number of anilines is 1. The van der Waals surface area contributed by atoms with Gasteiger partial charge in [-0.25, -0.2) is 0 Å². The first-order valence-electron chi connectivity index (χ1n) is 16.8. The van der Waals surface area contributed by atoms with Crippen molar-refractivity contribution in [3.63, 3.8) is 0 Å². The number of fused-ring (bicyclic) bond motifs is 1. The fourth-order valence-corrected chi connectivity index (χ4v) is 7.30. The molecule has 2 aromatic carbocycles. The van der Waals surface area contributed by atoms with Gasteiger partial charge in [0, 0.05) is 42.3 Å². The molecule has 2 saturated heterocycles. The molecule has 0 bridgehead atoms. The molecule has 244 valence electrons. The summed E-state index contributed by atoms with van der Waals surface area (Å²) in [7, 11) is 0. The van der Waals surface area contributed by atoms with E-state index in [1.54, 1.807) is 6.26 Å². The van der Waals surface area contributed by atoms with Gasteiger partial charge in [0.15, 0.2) is 0 Å². The molecule has 1 aromatic heterocycles. The third kappa shape index (κ3) is 8.74. The minimum atomic E-state index is 0.338. The number of nitrogens with zero attached hydrogens (tertiary/aromatic N) is 2. The summed E-state index contributed by atoms with van der Waals surface area (Å²) in [6.45, 7) is 21.0. The summed E-state index contributed by atoms with van der Waals surface area (Å²) < 4.78 is 17.7. The molecule has 4 atom stereocenters. The van der Waals surface area contributed by atoms with Crippen LogP contribution in [0.25, 0.3) is 16.7 Å². The minimum absolute atomic E-state index is 0.338. The fraction of sp³-hybridized carbons (Fsp3) is 0.526. The molecule has 1 saturated carbocycles. The van der Waals surface area contributed by atoms with Crippen LogP contribution in [0.5, 0.6) is 0 Å². The van der Waals surface area contributed by atoms with Crippen LogP contribution in [0.15, 0.2) is 72.5 Å². The van der Waals surface area contributed by atoms with E-state index in [0.29, 0.717) is 35.4 Å². The molecule has 0 spiro atoms. The van der Waals surface area contributed by atoms with E-state index < -0.39 is 0 Å². The predicted molar refractivity (Wildman–Crippen MR) is 188 cm³/mol. The van der Waals surface area contributed by atoms with E-state index >= 15 is 0 Å². The maximum atomic E-state index is 6.30. The first-order valence-corrected chi connectivity index (χ1v) is 17.2. The molecule has 0 amide bonds. The Morgan fingerprint density at radius 3 is 2.47 bits per heavy atom. The van der Waals surface area contributed by atoms with Crippen LogP contribution in [0, 0.1) is 5.92 Å². The third-order valence-electron chi connectivity index (χ3n) is 9.65. The van der Waals surface area contributed by atoms with Crippen LogP contribution in [-0.4, -0.2) is 66.4 Å². The third-order valence-corrected chi connectivity index (χ3v) is 9.97. The van der Waals surface area contributed by atoms with Crippen LogP contribution < -0.4 is 5.32 Å². The van der Waals surface area contributed by atoms with E-state index in [1.807, 2.05) is 42.6 Å². The molecule has 3 aliphatic rings. The Bertz CT molecular complexity index is 1400. The maximum Gasteiger partial charge on any atom is 0.134 e. The largest absolute Gasteiger partial charge is 0.464 e. The van der Waals surface area contributed by atoms with Gasteiger partial charge in [-0.3, -0.25) is 4.90 Å². The molecule has 1 aliphatic carbocycles. The molecule has 3 aromatic rings. The number of halogens is 1. The molecule has 4 unspecified atom stereocenters. The second-order valence-electron chi connectivity index (χ2n) is 13.3. The number of ether oxygens (including phenoxy) is 2. The van der Waals surface area contributed by atoms with Crippen molar-refractivity contribution >= 4 is 34.0 Å². The lowest BCUT2D eigenvalue weighted by Crippen LogP contribution is -2.50. The number of aryl methyl sites for hydroxylation is 1. The van der Waals surface area contributed by atoms with Gasteiger partial charge in [0.1, 0.15) is 11.8 Å². The first kappa shape index (κ1) is 33.6. The van der Waals surface area contributed by atoms with Crippen molar-refractivity contribution < 1.29 is 13.9 Å². The number of para-hydroxylation sites is 1. The quantitative estimate of drug-likeness (QED) is 0.254. The summed E-state index contributed by atoms with van der Waals surface area (Å²) in [5.74, 6) is 0.885. The molecule has 1 N–H and O–H groups in total. The van der Waals surface area contributed by atoms with Crippen LogP contribution in [-0.2, 0) is 15.9 Å². The van der Waals surface area contributed by atoms with Gasteiger partial charge < -0.3 is 24.1 Å². The van der Waals surface area contributed by atoms with E-state index in [1.165, 1.54) is 37.7 Å². The summed E-state index contributed by atoms with van der Waals surface area (Å²) in [4.78, 5) is 5.03. The lowest BCUT2D eigenvalue weighted by molar-refractivity contribution is -0.0790. The average molecular weight is 634 g/mol. The Kier molecular flexibility index (Phi) is 11.7. The normalized spacial score (nSPS) is 27.2. The van der Waals surface area contributed by atoms with Crippen molar-refractivity contribution in [2.24, 2.45) is 5.92 Å². The predicted octanol–water partition coefficient (Wildman–Crippen LogP) is 9.01. The average Bonchev–Trinajstić information content (AvgIpc) is 3.66. The van der Waals surface area contributed by atoms with E-state index in [9.17, 15) is 0 Å². The first-order chi connectivity index (χ1) is 21.7. The second-order valence-corrected chi connectivity index (χ2v) is 13.7.